The van der Waals surface area contributed by atoms with E-state index in [1.54, 1.807) is 6.33 Å². The molecular weight excluding hydrogens is 236 g/mol. The summed E-state index contributed by atoms with van der Waals surface area (Å²) in [6.45, 7) is 2.87. The molecule has 3 nitrogen and oxygen atoms in total. The van der Waals surface area contributed by atoms with E-state index in [-0.39, 0.29) is 24.8 Å². The average molecular weight is 257 g/mol. The van der Waals surface area contributed by atoms with Crippen LogP contribution in [0.1, 0.15) is 44.3 Å². The minimum Gasteiger partial charge on any atom is -0.336 e. The largest absolute Gasteiger partial charge is 0.336 e. The number of nitrogens with one attached hydrogen (secondary N) is 1. The van der Waals surface area contributed by atoms with Crippen LogP contribution in [0.25, 0.3) is 0 Å². The Labute approximate surface area is 107 Å². The molecule has 0 spiro atoms. The Bertz CT molecular complexity index is 389. The Balaban J connectivity index is 2.02. The van der Waals surface area contributed by atoms with Crippen molar-refractivity contribution in [3.8, 4) is 0 Å². The first kappa shape index (κ1) is 13.5. The van der Waals surface area contributed by atoms with Crippen molar-refractivity contribution < 1.29 is 8.78 Å². The lowest BCUT2D eigenvalue weighted by Crippen LogP contribution is -2.25. The van der Waals surface area contributed by atoms with Crippen LogP contribution in [0.5, 0.6) is 0 Å². The van der Waals surface area contributed by atoms with Crippen LogP contribution >= 0.6 is 0 Å². The fourth-order valence-electron chi connectivity index (χ4n) is 2.83. The highest BCUT2D eigenvalue weighted by atomic mass is 19.3. The van der Waals surface area contributed by atoms with Gasteiger partial charge in [0.2, 0.25) is 5.92 Å². The zero-order valence-electron chi connectivity index (χ0n) is 11.0. The summed E-state index contributed by atoms with van der Waals surface area (Å²) in [5.74, 6) is -2.34. The van der Waals surface area contributed by atoms with Crippen molar-refractivity contribution in [1.29, 1.82) is 0 Å². The summed E-state index contributed by atoms with van der Waals surface area (Å²) in [6.07, 6.45) is 5.05. The van der Waals surface area contributed by atoms with E-state index in [4.69, 9.17) is 0 Å². The van der Waals surface area contributed by atoms with Crippen LogP contribution in [0, 0.1) is 5.92 Å². The Morgan fingerprint density at radius 2 is 2.39 bits per heavy atom. The molecular formula is C13H21F2N3. The Morgan fingerprint density at radius 3 is 2.89 bits per heavy atom. The van der Waals surface area contributed by atoms with Crippen molar-refractivity contribution >= 4 is 0 Å². The van der Waals surface area contributed by atoms with E-state index >= 15 is 0 Å². The summed E-state index contributed by atoms with van der Waals surface area (Å²) in [5, 5.41) is 3.37. The van der Waals surface area contributed by atoms with Gasteiger partial charge in [0.05, 0.1) is 12.0 Å². The zero-order valence-corrected chi connectivity index (χ0v) is 11.0. The van der Waals surface area contributed by atoms with Crippen molar-refractivity contribution in [2.45, 2.75) is 44.6 Å². The number of aromatic nitrogens is 2. The number of hydrogen-bond donors (Lipinski definition) is 1. The van der Waals surface area contributed by atoms with Gasteiger partial charge in [-0.1, -0.05) is 6.92 Å². The van der Waals surface area contributed by atoms with Gasteiger partial charge < -0.3 is 9.88 Å². The van der Waals surface area contributed by atoms with Crippen LogP contribution in [-0.4, -0.2) is 22.0 Å². The van der Waals surface area contributed by atoms with Gasteiger partial charge >= 0.3 is 0 Å². The predicted octanol–water partition coefficient (Wildman–Crippen LogP) is 2.90. The third-order valence-corrected chi connectivity index (χ3v) is 3.74. The van der Waals surface area contributed by atoms with E-state index in [9.17, 15) is 8.78 Å². The summed E-state index contributed by atoms with van der Waals surface area (Å²) in [7, 11) is 1.94. The molecule has 1 saturated carbocycles. The van der Waals surface area contributed by atoms with Gasteiger partial charge in [0.25, 0.3) is 0 Å². The van der Waals surface area contributed by atoms with E-state index in [2.05, 4.69) is 10.3 Å². The van der Waals surface area contributed by atoms with Crippen LogP contribution in [0.2, 0.25) is 0 Å². The van der Waals surface area contributed by atoms with Crippen molar-refractivity contribution in [3.05, 3.63) is 18.2 Å². The Hall–Kier alpha value is -0.970. The minimum atomic E-state index is -2.45. The number of aryl methyl sites for hydroxylation is 1. The van der Waals surface area contributed by atoms with Crippen LogP contribution in [0.3, 0.4) is 0 Å². The molecule has 1 N–H and O–H groups in total. The molecule has 2 unspecified atom stereocenters. The molecule has 5 heteroatoms. The number of rotatable bonds is 5. The number of imidazole rings is 1. The van der Waals surface area contributed by atoms with Crippen LogP contribution < -0.4 is 5.32 Å². The molecule has 1 aromatic rings. The maximum absolute atomic E-state index is 13.2. The average Bonchev–Trinajstić information content (AvgIpc) is 2.84. The Kier molecular flexibility index (Phi) is 4.00. The van der Waals surface area contributed by atoms with Gasteiger partial charge in [-0.05, 0) is 25.3 Å². The third-order valence-electron chi connectivity index (χ3n) is 3.74. The number of halogens is 2. The SMILES string of the molecule is CCNC(CC1CCC(F)(F)C1)c1cncn1C. The second-order valence-electron chi connectivity index (χ2n) is 5.24. The van der Waals surface area contributed by atoms with Gasteiger partial charge in [0.15, 0.2) is 0 Å². The lowest BCUT2D eigenvalue weighted by molar-refractivity contribution is 0.00428. The minimum absolute atomic E-state index is 0.0345. The van der Waals surface area contributed by atoms with E-state index in [1.165, 1.54) is 0 Å². The molecule has 1 aromatic heterocycles. The molecule has 0 bridgehead atoms. The normalized spacial score (nSPS) is 24.3. The van der Waals surface area contributed by atoms with Crippen LogP contribution in [-0.2, 0) is 7.05 Å². The highest BCUT2D eigenvalue weighted by molar-refractivity contribution is 5.05. The van der Waals surface area contributed by atoms with Gasteiger partial charge in [-0.15, -0.1) is 0 Å². The molecule has 102 valence electrons. The van der Waals surface area contributed by atoms with Gasteiger partial charge in [-0.3, -0.25) is 0 Å². The lowest BCUT2D eigenvalue weighted by atomic mass is 9.96. The standard InChI is InChI=1S/C13H21F2N3/c1-3-17-11(12-8-16-9-18(12)2)6-10-4-5-13(14,15)7-10/h8-11,17H,3-7H2,1-2H3. The van der Waals surface area contributed by atoms with Crippen molar-refractivity contribution in [3.63, 3.8) is 0 Å². The van der Waals surface area contributed by atoms with E-state index in [1.807, 2.05) is 24.7 Å². The molecule has 1 heterocycles. The van der Waals surface area contributed by atoms with Crippen molar-refractivity contribution in [2.75, 3.05) is 6.54 Å². The van der Waals surface area contributed by atoms with Crippen molar-refractivity contribution in [2.24, 2.45) is 13.0 Å². The monoisotopic (exact) mass is 257 g/mol. The summed E-state index contributed by atoms with van der Waals surface area (Å²) in [6, 6.07) is 0.126. The molecule has 2 rings (SSSR count). The summed E-state index contributed by atoms with van der Waals surface area (Å²) in [5.41, 5.74) is 1.08. The van der Waals surface area contributed by atoms with Gasteiger partial charge in [-0.2, -0.15) is 0 Å². The second-order valence-corrected chi connectivity index (χ2v) is 5.24. The van der Waals surface area contributed by atoms with E-state index < -0.39 is 5.92 Å². The molecule has 0 radical (unpaired) electrons. The molecule has 1 fully saturated rings. The quantitative estimate of drug-likeness (QED) is 0.879. The molecule has 0 aromatic carbocycles. The first-order valence-electron chi connectivity index (χ1n) is 6.59. The van der Waals surface area contributed by atoms with E-state index in [0.717, 1.165) is 18.7 Å². The molecule has 1 aliphatic rings. The number of nitrogens with zero attached hydrogens (tertiary/aromatic N) is 2. The van der Waals surface area contributed by atoms with Gasteiger partial charge in [0, 0.05) is 32.1 Å². The molecule has 2 atom stereocenters. The second kappa shape index (κ2) is 5.34. The maximum atomic E-state index is 13.2. The molecule has 0 saturated heterocycles. The van der Waals surface area contributed by atoms with Crippen LogP contribution in [0.15, 0.2) is 12.5 Å². The zero-order chi connectivity index (χ0) is 13.2. The molecule has 0 amide bonds. The molecule has 1 aliphatic carbocycles. The highest BCUT2D eigenvalue weighted by Gasteiger charge is 2.40. The van der Waals surface area contributed by atoms with Crippen LogP contribution in [0.4, 0.5) is 8.78 Å². The summed E-state index contributed by atoms with van der Waals surface area (Å²) >= 11 is 0. The first-order chi connectivity index (χ1) is 8.52. The first-order valence-corrected chi connectivity index (χ1v) is 6.59. The lowest BCUT2D eigenvalue weighted by Gasteiger charge is -2.21. The number of alkyl halides is 2. The third kappa shape index (κ3) is 3.07. The fraction of sp³-hybridized carbons (Fsp3) is 0.769. The smallest absolute Gasteiger partial charge is 0.248 e. The molecule has 18 heavy (non-hydrogen) atoms. The van der Waals surface area contributed by atoms with Gasteiger partial charge in [-0.25, -0.2) is 13.8 Å². The highest BCUT2D eigenvalue weighted by Crippen LogP contribution is 2.42. The maximum Gasteiger partial charge on any atom is 0.248 e. The van der Waals surface area contributed by atoms with E-state index in [0.29, 0.717) is 6.42 Å². The predicted molar refractivity (Wildman–Crippen MR) is 66.5 cm³/mol. The topological polar surface area (TPSA) is 29.9 Å². The van der Waals surface area contributed by atoms with Gasteiger partial charge in [0.1, 0.15) is 0 Å². The fourth-order valence-corrected chi connectivity index (χ4v) is 2.83. The van der Waals surface area contributed by atoms with Crippen molar-refractivity contribution in [1.82, 2.24) is 14.9 Å². The Morgan fingerprint density at radius 1 is 1.61 bits per heavy atom. The summed E-state index contributed by atoms with van der Waals surface area (Å²) < 4.78 is 28.4. The summed E-state index contributed by atoms with van der Waals surface area (Å²) in [4.78, 5) is 4.10. The molecule has 0 aliphatic heterocycles. The number of hydrogen-bond acceptors (Lipinski definition) is 2.